The van der Waals surface area contributed by atoms with E-state index in [1.165, 1.54) is 26.4 Å². The summed E-state index contributed by atoms with van der Waals surface area (Å²) in [6.45, 7) is 0.334. The molecule has 39 heavy (non-hydrogen) atoms. The first-order valence-electron chi connectivity index (χ1n) is 13.8. The van der Waals surface area contributed by atoms with Crippen LogP contribution in [0.3, 0.4) is 0 Å². The molecule has 1 aromatic rings. The molecule has 2 saturated carbocycles. The lowest BCUT2D eigenvalue weighted by molar-refractivity contribution is -0.139. The highest BCUT2D eigenvalue weighted by Crippen LogP contribution is 2.52. The van der Waals surface area contributed by atoms with Crippen molar-refractivity contribution in [1.29, 1.82) is 0 Å². The fourth-order valence-corrected chi connectivity index (χ4v) is 7.16. The first-order chi connectivity index (χ1) is 18.9. The van der Waals surface area contributed by atoms with Gasteiger partial charge in [-0.25, -0.2) is 0 Å². The van der Waals surface area contributed by atoms with Crippen LogP contribution in [0.4, 0.5) is 0 Å². The van der Waals surface area contributed by atoms with Crippen molar-refractivity contribution < 1.29 is 38.8 Å². The number of aliphatic hydroxyl groups excluding tert-OH is 2. The van der Waals surface area contributed by atoms with E-state index < -0.39 is 30.1 Å². The van der Waals surface area contributed by atoms with Crippen LogP contribution in [-0.2, 0) is 14.3 Å². The zero-order valence-corrected chi connectivity index (χ0v) is 22.5. The zero-order chi connectivity index (χ0) is 27.7. The molecule has 0 radical (unpaired) electrons. The third-order valence-corrected chi connectivity index (χ3v) is 8.95. The Kier molecular flexibility index (Phi) is 8.25. The topological polar surface area (TPSA) is 135 Å². The third-order valence-electron chi connectivity index (χ3n) is 8.95. The Hall–Kier alpha value is -2.95. The Morgan fingerprint density at radius 1 is 1.23 bits per heavy atom. The molecule has 0 spiro atoms. The van der Waals surface area contributed by atoms with Crippen LogP contribution in [0, 0.1) is 17.8 Å². The number of rotatable bonds is 11. The molecule has 3 unspecified atom stereocenters. The van der Waals surface area contributed by atoms with Gasteiger partial charge in [0.25, 0.3) is 0 Å². The lowest BCUT2D eigenvalue weighted by Crippen LogP contribution is -2.56. The average Bonchev–Trinajstić information content (AvgIpc) is 3.67. The fraction of sp³-hybridized carbons (Fsp3) is 0.621. The normalized spacial score (nSPS) is 30.2. The van der Waals surface area contributed by atoms with Crippen LogP contribution in [0.5, 0.6) is 11.5 Å². The van der Waals surface area contributed by atoms with Crippen LogP contribution in [0.25, 0.3) is 0 Å². The van der Waals surface area contributed by atoms with Gasteiger partial charge in [0.15, 0.2) is 11.5 Å². The van der Waals surface area contributed by atoms with Gasteiger partial charge in [-0.1, -0.05) is 6.42 Å². The van der Waals surface area contributed by atoms with Crippen LogP contribution in [0.2, 0.25) is 0 Å². The molecule has 1 aromatic carbocycles. The second-order valence-electron chi connectivity index (χ2n) is 11.1. The fourth-order valence-electron chi connectivity index (χ4n) is 7.16. The van der Waals surface area contributed by atoms with Gasteiger partial charge >= 0.3 is 0 Å². The molecule has 7 atom stereocenters. The van der Waals surface area contributed by atoms with E-state index >= 15 is 0 Å². The van der Waals surface area contributed by atoms with Gasteiger partial charge in [-0.2, -0.15) is 0 Å². The maximum absolute atomic E-state index is 13.8. The van der Waals surface area contributed by atoms with Crippen LogP contribution < -0.4 is 14.8 Å². The Morgan fingerprint density at radius 3 is 2.69 bits per heavy atom. The first kappa shape index (κ1) is 27.6. The van der Waals surface area contributed by atoms with Gasteiger partial charge in [0, 0.05) is 43.3 Å². The molecule has 2 fully saturated rings. The summed E-state index contributed by atoms with van der Waals surface area (Å²) in [5, 5.41) is 23.7. The van der Waals surface area contributed by atoms with E-state index in [1.807, 2.05) is 0 Å². The number of nitrogens with one attached hydrogen (secondary N) is 1. The summed E-state index contributed by atoms with van der Waals surface area (Å²) in [7, 11) is 3.02. The highest BCUT2D eigenvalue weighted by molar-refractivity contribution is 5.96. The predicted molar refractivity (Wildman–Crippen MR) is 141 cm³/mol. The molecule has 10 heteroatoms. The molecule has 3 aliphatic carbocycles. The van der Waals surface area contributed by atoms with Crippen LogP contribution in [0.15, 0.2) is 23.8 Å². The number of ether oxygens (including phenoxy) is 3. The SMILES string of the molecule is COCCN(C(=O)CC1CC2CCC1C2)[C@@H]1C=C(C(=O)NCCO)[C@@H]2c3cc(C=O)cc(OC)c3O[C@@H]2[C@H]1O. The van der Waals surface area contributed by atoms with E-state index in [9.17, 15) is 24.6 Å². The second kappa shape index (κ2) is 11.7. The van der Waals surface area contributed by atoms with E-state index in [4.69, 9.17) is 14.2 Å². The maximum Gasteiger partial charge on any atom is 0.247 e. The maximum atomic E-state index is 13.8. The van der Waals surface area contributed by atoms with Crippen LogP contribution >= 0.6 is 0 Å². The number of carbonyl (C=O) groups excluding carboxylic acids is 3. The molecule has 5 rings (SSSR count). The second-order valence-corrected chi connectivity index (χ2v) is 11.1. The van der Waals surface area contributed by atoms with E-state index in [1.54, 1.807) is 30.2 Å². The average molecular weight is 543 g/mol. The van der Waals surface area contributed by atoms with Crippen molar-refractivity contribution in [2.24, 2.45) is 17.8 Å². The van der Waals surface area contributed by atoms with Crippen molar-refractivity contribution in [1.82, 2.24) is 10.2 Å². The number of amides is 2. The Bertz CT molecular complexity index is 1140. The lowest BCUT2D eigenvalue weighted by atomic mass is 9.77. The van der Waals surface area contributed by atoms with Crippen LogP contribution in [-0.4, -0.2) is 92.0 Å². The Morgan fingerprint density at radius 2 is 2.05 bits per heavy atom. The summed E-state index contributed by atoms with van der Waals surface area (Å²) < 4.78 is 17.0. The molecule has 1 aliphatic heterocycles. The number of benzene rings is 1. The minimum absolute atomic E-state index is 0.0444. The number of aldehydes is 1. The number of carbonyl (C=O) groups is 3. The van der Waals surface area contributed by atoms with Crippen molar-refractivity contribution in [2.45, 2.75) is 56.3 Å². The Labute approximate surface area is 228 Å². The van der Waals surface area contributed by atoms with Gasteiger partial charge in [-0.15, -0.1) is 0 Å². The van der Waals surface area contributed by atoms with Crippen molar-refractivity contribution in [3.05, 3.63) is 34.9 Å². The molecule has 212 valence electrons. The summed E-state index contributed by atoms with van der Waals surface area (Å²) in [4.78, 5) is 40.4. The summed E-state index contributed by atoms with van der Waals surface area (Å²) in [5.41, 5.74) is 1.22. The third kappa shape index (κ3) is 5.17. The van der Waals surface area contributed by atoms with Gasteiger partial charge in [-0.05, 0) is 55.2 Å². The largest absolute Gasteiger partial charge is 0.493 e. The highest BCUT2D eigenvalue weighted by atomic mass is 16.5. The minimum Gasteiger partial charge on any atom is -0.493 e. The summed E-state index contributed by atoms with van der Waals surface area (Å²) >= 11 is 0. The molecular formula is C29H38N2O8. The highest BCUT2D eigenvalue weighted by Gasteiger charge is 2.52. The van der Waals surface area contributed by atoms with Crippen LogP contribution in [0.1, 0.15) is 53.9 Å². The standard InChI is InChI=1S/C29H38N2O8/c1-37-8-6-31(24(34)13-19-10-16-3-4-18(19)9-16)22-14-21(29(36)30-5-7-32)25-20-11-17(15-33)12-23(38-2)27(20)39-28(25)26(22)35/h11-12,14-16,18-19,22,25-26,28,32,35H,3-10,13H2,1-2H3,(H,30,36)/t16?,18?,19?,22-,25+,26+,28+/m1/s1. The van der Waals surface area contributed by atoms with Gasteiger partial charge in [0.2, 0.25) is 11.8 Å². The minimum atomic E-state index is -1.15. The molecule has 0 saturated heterocycles. The van der Waals surface area contributed by atoms with Crippen molar-refractivity contribution >= 4 is 18.1 Å². The number of nitrogens with zero attached hydrogens (tertiary/aromatic N) is 1. The van der Waals surface area contributed by atoms with Gasteiger partial charge in [0.1, 0.15) is 18.5 Å². The van der Waals surface area contributed by atoms with Crippen molar-refractivity contribution in [3.8, 4) is 11.5 Å². The number of hydrogen-bond donors (Lipinski definition) is 3. The molecule has 4 aliphatic rings. The van der Waals surface area contributed by atoms with Crippen molar-refractivity contribution in [2.75, 3.05) is 40.5 Å². The number of methoxy groups -OCH3 is 2. The monoisotopic (exact) mass is 542 g/mol. The smallest absolute Gasteiger partial charge is 0.247 e. The molecule has 0 aromatic heterocycles. The van der Waals surface area contributed by atoms with Gasteiger partial charge in [-0.3, -0.25) is 14.4 Å². The molecule has 1 heterocycles. The molecule has 3 N–H and O–H groups in total. The number of fused-ring (bicyclic) bond motifs is 5. The quantitative estimate of drug-likeness (QED) is 0.358. The predicted octanol–water partition coefficient (Wildman–Crippen LogP) is 1.43. The summed E-state index contributed by atoms with van der Waals surface area (Å²) in [6, 6.07) is 2.36. The molecular weight excluding hydrogens is 504 g/mol. The summed E-state index contributed by atoms with van der Waals surface area (Å²) in [5.74, 6) is 1.10. The zero-order valence-electron chi connectivity index (χ0n) is 22.5. The number of hydrogen-bond acceptors (Lipinski definition) is 8. The van der Waals surface area contributed by atoms with E-state index in [0.717, 1.165) is 6.42 Å². The Balaban J connectivity index is 1.51. The first-order valence-corrected chi connectivity index (χ1v) is 13.8. The van der Waals surface area contributed by atoms with E-state index in [2.05, 4.69) is 5.32 Å². The van der Waals surface area contributed by atoms with E-state index in [-0.39, 0.29) is 32.2 Å². The number of aliphatic hydroxyl groups is 2. The summed E-state index contributed by atoms with van der Waals surface area (Å²) in [6.07, 6.45) is 5.37. The van der Waals surface area contributed by atoms with Gasteiger partial charge < -0.3 is 34.6 Å². The van der Waals surface area contributed by atoms with Crippen molar-refractivity contribution in [3.63, 3.8) is 0 Å². The lowest BCUT2D eigenvalue weighted by Gasteiger charge is -2.41. The van der Waals surface area contributed by atoms with E-state index in [0.29, 0.717) is 58.7 Å². The van der Waals surface area contributed by atoms with Gasteiger partial charge in [0.05, 0.1) is 32.3 Å². The molecule has 10 nitrogen and oxygen atoms in total. The molecule has 2 bridgehead atoms. The molecule has 2 amide bonds.